The van der Waals surface area contributed by atoms with Crippen molar-refractivity contribution in [2.75, 3.05) is 20.3 Å². The molecule has 0 spiro atoms. The number of aliphatic hydroxyl groups excluding tert-OH is 1. The van der Waals surface area contributed by atoms with Gasteiger partial charge in [-0.25, -0.2) is 9.59 Å². The van der Waals surface area contributed by atoms with Crippen LogP contribution in [0, 0.1) is 18.5 Å². The number of aliphatic hydroxyl groups is 1. The highest BCUT2D eigenvalue weighted by molar-refractivity contribution is 14.1. The fraction of sp³-hybridized carbons (Fsp3) is 0.250. The number of carbonyl (C=O) groups is 2. The number of carbonyl (C=O) groups excluding carboxylic acids is 2. The van der Waals surface area contributed by atoms with E-state index in [2.05, 4.69) is 72.4 Å². The van der Waals surface area contributed by atoms with E-state index in [0.717, 1.165) is 12.7 Å². The second-order valence-electron chi connectivity index (χ2n) is 9.82. The van der Waals surface area contributed by atoms with E-state index in [4.69, 9.17) is 24.2 Å². The molecule has 240 valence electrons. The van der Waals surface area contributed by atoms with Crippen LogP contribution in [0.25, 0.3) is 0 Å². The van der Waals surface area contributed by atoms with Crippen molar-refractivity contribution in [2.24, 2.45) is 5.10 Å². The molecule has 3 aromatic carbocycles. The minimum absolute atomic E-state index is 0.167. The third-order valence-corrected chi connectivity index (χ3v) is 8.03. The van der Waals surface area contributed by atoms with Crippen molar-refractivity contribution >= 4 is 63.4 Å². The number of ether oxygens (including phenoxy) is 4. The van der Waals surface area contributed by atoms with E-state index in [9.17, 15) is 14.7 Å². The Balaban J connectivity index is 1.42. The molecule has 4 rings (SSSR count). The summed E-state index contributed by atoms with van der Waals surface area (Å²) in [6.07, 6.45) is 0.388. The molecular formula is C32H31I2N5O7. The van der Waals surface area contributed by atoms with Crippen LogP contribution in [0.15, 0.2) is 71.0 Å². The van der Waals surface area contributed by atoms with Gasteiger partial charge in [-0.05, 0) is 107 Å². The van der Waals surface area contributed by atoms with E-state index in [1.807, 2.05) is 31.2 Å². The SMILES string of the molecule is CCOc1cc([C@H]2NC(=O)NC(C)=C2C(=O)OC)ccc1OC[C@H](O)N/N=C/c1cc(I)cc(I)c1OCc1ccc(C#N)cc1. The van der Waals surface area contributed by atoms with Crippen LogP contribution in [-0.4, -0.2) is 49.9 Å². The maximum absolute atomic E-state index is 12.5. The summed E-state index contributed by atoms with van der Waals surface area (Å²) in [7, 11) is 1.27. The van der Waals surface area contributed by atoms with Gasteiger partial charge >= 0.3 is 12.0 Å². The maximum Gasteiger partial charge on any atom is 0.337 e. The van der Waals surface area contributed by atoms with Gasteiger partial charge in [-0.1, -0.05) is 18.2 Å². The molecule has 2 atom stereocenters. The quantitative estimate of drug-likeness (QED) is 0.0619. The molecule has 12 nitrogen and oxygen atoms in total. The normalized spacial score (nSPS) is 15.0. The predicted octanol–water partition coefficient (Wildman–Crippen LogP) is 4.87. The lowest BCUT2D eigenvalue weighted by atomic mass is 9.95. The van der Waals surface area contributed by atoms with Gasteiger partial charge in [-0.3, -0.25) is 5.43 Å². The largest absolute Gasteiger partial charge is 0.490 e. The zero-order valence-corrected chi connectivity index (χ0v) is 29.4. The zero-order valence-electron chi connectivity index (χ0n) is 25.1. The molecule has 0 radical (unpaired) electrons. The van der Waals surface area contributed by atoms with Gasteiger partial charge in [-0.15, -0.1) is 0 Å². The minimum atomic E-state index is -1.17. The van der Waals surface area contributed by atoms with Gasteiger partial charge in [0.05, 0.1) is 46.7 Å². The van der Waals surface area contributed by atoms with E-state index < -0.39 is 24.3 Å². The molecule has 46 heavy (non-hydrogen) atoms. The molecule has 0 aromatic heterocycles. The molecule has 4 N–H and O–H groups in total. The highest BCUT2D eigenvalue weighted by Gasteiger charge is 2.32. The van der Waals surface area contributed by atoms with Crippen LogP contribution in [-0.2, 0) is 16.1 Å². The fourth-order valence-electron chi connectivity index (χ4n) is 4.47. The van der Waals surface area contributed by atoms with Crippen molar-refractivity contribution in [2.45, 2.75) is 32.7 Å². The number of nitrogens with zero attached hydrogens (tertiary/aromatic N) is 2. The second kappa shape index (κ2) is 16.5. The summed E-state index contributed by atoms with van der Waals surface area (Å²) in [4.78, 5) is 24.7. The van der Waals surface area contributed by atoms with Crippen molar-refractivity contribution in [3.63, 3.8) is 0 Å². The molecule has 0 unspecified atom stereocenters. The molecular weight excluding hydrogens is 820 g/mol. The average molecular weight is 851 g/mol. The Morgan fingerprint density at radius 3 is 2.59 bits per heavy atom. The van der Waals surface area contributed by atoms with Crippen LogP contribution >= 0.6 is 45.2 Å². The first-order valence-corrected chi connectivity index (χ1v) is 16.1. The number of methoxy groups -OCH3 is 1. The Hall–Kier alpha value is -4.08. The maximum atomic E-state index is 12.5. The monoisotopic (exact) mass is 851 g/mol. The van der Waals surface area contributed by atoms with E-state index in [0.29, 0.717) is 52.8 Å². The average Bonchev–Trinajstić information content (AvgIpc) is 3.03. The van der Waals surface area contributed by atoms with Crippen LogP contribution < -0.4 is 30.3 Å². The molecule has 1 heterocycles. The first-order valence-electron chi connectivity index (χ1n) is 14.0. The molecule has 1 aliphatic heterocycles. The summed E-state index contributed by atoms with van der Waals surface area (Å²) in [5, 5.41) is 29.1. The van der Waals surface area contributed by atoms with Crippen LogP contribution in [0.3, 0.4) is 0 Å². The number of hydrogen-bond acceptors (Lipinski definition) is 10. The summed E-state index contributed by atoms with van der Waals surface area (Å²) in [5.41, 5.74) is 6.09. The molecule has 1 aliphatic rings. The number of nitriles is 1. The van der Waals surface area contributed by atoms with Crippen molar-refractivity contribution in [1.82, 2.24) is 16.1 Å². The van der Waals surface area contributed by atoms with Gasteiger partial charge in [0.25, 0.3) is 0 Å². The van der Waals surface area contributed by atoms with Crippen molar-refractivity contribution in [3.05, 3.63) is 95.3 Å². The topological polar surface area (TPSA) is 164 Å². The lowest BCUT2D eigenvalue weighted by Gasteiger charge is -2.28. The van der Waals surface area contributed by atoms with Gasteiger partial charge in [-0.2, -0.15) is 10.4 Å². The number of nitrogens with one attached hydrogen (secondary N) is 3. The molecule has 3 aromatic rings. The van der Waals surface area contributed by atoms with Gasteiger partial charge in [0.15, 0.2) is 17.7 Å². The number of rotatable bonds is 13. The Bertz CT molecular complexity index is 1690. The van der Waals surface area contributed by atoms with E-state index in [-0.39, 0.29) is 12.2 Å². The third-order valence-electron chi connectivity index (χ3n) is 6.60. The number of urea groups is 1. The molecule has 0 fully saturated rings. The lowest BCUT2D eigenvalue weighted by Crippen LogP contribution is -2.45. The Morgan fingerprint density at radius 2 is 1.89 bits per heavy atom. The summed E-state index contributed by atoms with van der Waals surface area (Å²) < 4.78 is 24.5. The molecule has 0 saturated carbocycles. The van der Waals surface area contributed by atoms with Crippen LogP contribution in [0.4, 0.5) is 4.79 Å². The van der Waals surface area contributed by atoms with Gasteiger partial charge in [0.2, 0.25) is 0 Å². The number of esters is 1. The van der Waals surface area contributed by atoms with Crippen molar-refractivity contribution in [1.29, 1.82) is 5.26 Å². The number of amides is 2. The molecule has 0 aliphatic carbocycles. The van der Waals surface area contributed by atoms with Gasteiger partial charge < -0.3 is 34.7 Å². The number of hydrogen-bond donors (Lipinski definition) is 4. The lowest BCUT2D eigenvalue weighted by molar-refractivity contribution is -0.136. The second-order valence-corrected chi connectivity index (χ2v) is 12.2. The third kappa shape index (κ3) is 9.01. The molecule has 0 bridgehead atoms. The molecule has 2 amide bonds. The van der Waals surface area contributed by atoms with Crippen LogP contribution in [0.2, 0.25) is 0 Å². The Labute approximate surface area is 293 Å². The number of halogens is 2. The highest BCUT2D eigenvalue weighted by atomic mass is 127. The van der Waals surface area contributed by atoms with E-state index >= 15 is 0 Å². The number of hydrazone groups is 1. The summed E-state index contributed by atoms with van der Waals surface area (Å²) in [5.74, 6) is 0.769. The predicted molar refractivity (Wildman–Crippen MR) is 186 cm³/mol. The minimum Gasteiger partial charge on any atom is -0.490 e. The molecule has 14 heteroatoms. The van der Waals surface area contributed by atoms with Crippen molar-refractivity contribution in [3.8, 4) is 23.3 Å². The fourth-order valence-corrected chi connectivity index (χ4v) is 6.52. The van der Waals surface area contributed by atoms with Gasteiger partial charge in [0.1, 0.15) is 19.0 Å². The Kier molecular flexibility index (Phi) is 12.5. The van der Waals surface area contributed by atoms with Crippen LogP contribution in [0.1, 0.15) is 42.1 Å². The zero-order chi connectivity index (χ0) is 33.2. The summed E-state index contributed by atoms with van der Waals surface area (Å²) in [6.45, 7) is 3.90. The van der Waals surface area contributed by atoms with Gasteiger partial charge in [0, 0.05) is 14.8 Å². The number of allylic oxidation sites excluding steroid dienone is 1. The summed E-state index contributed by atoms with van der Waals surface area (Å²) >= 11 is 4.41. The smallest absolute Gasteiger partial charge is 0.337 e. The number of benzene rings is 3. The van der Waals surface area contributed by atoms with E-state index in [1.54, 1.807) is 43.5 Å². The molecule has 0 saturated heterocycles. The van der Waals surface area contributed by atoms with Crippen LogP contribution in [0.5, 0.6) is 17.2 Å². The first-order chi connectivity index (χ1) is 22.1. The standard InChI is InChI=1S/C32H31I2N5O7/c1-4-44-26-12-21(29-28(31(41)43-3)18(2)37-32(42)38-29)9-10-25(26)45-17-27(40)39-36-15-22-11-23(33)13-24(34)30(22)46-16-20-7-5-19(14-35)6-8-20/h5-13,15,27,29,39-40H,4,16-17H2,1-3H3,(H2,37,38,42)/b36-15+/t27-,29+/m0/s1. The Morgan fingerprint density at radius 1 is 1.13 bits per heavy atom. The summed E-state index contributed by atoms with van der Waals surface area (Å²) in [6, 6.07) is 17.0. The van der Waals surface area contributed by atoms with Crippen molar-refractivity contribution < 1.29 is 33.6 Å². The highest BCUT2D eigenvalue weighted by Crippen LogP contribution is 2.35. The first kappa shape index (κ1) is 34.8. The van der Waals surface area contributed by atoms with E-state index in [1.165, 1.54) is 7.11 Å².